The van der Waals surface area contributed by atoms with Crippen molar-refractivity contribution in [2.45, 2.75) is 12.1 Å². The number of hydrogen-bond donors (Lipinski definition) is 0. The minimum Gasteiger partial charge on any atom is -0.300 e. The molecule has 2 aromatic rings. The van der Waals surface area contributed by atoms with Crippen molar-refractivity contribution < 1.29 is 13.6 Å². The van der Waals surface area contributed by atoms with Crippen LogP contribution in [-0.4, -0.2) is 22.8 Å². The Morgan fingerprint density at radius 2 is 1.92 bits per heavy atom. The van der Waals surface area contributed by atoms with Crippen LogP contribution in [0.15, 0.2) is 54.6 Å². The highest BCUT2D eigenvalue weighted by atomic mass is 127. The Bertz CT molecular complexity index is 743. The van der Waals surface area contributed by atoms with E-state index in [-0.39, 0.29) is 0 Å². The molecule has 128 valence electrons. The second kappa shape index (κ2) is 7.44. The highest BCUT2D eigenvalue weighted by Gasteiger charge is 2.53. The molecular formula is C17H18ClINO3P. The van der Waals surface area contributed by atoms with Crippen LogP contribution in [0.2, 0.25) is 5.02 Å². The molecule has 7 heteroatoms. The van der Waals surface area contributed by atoms with Crippen LogP contribution in [0, 0.1) is 0 Å². The van der Waals surface area contributed by atoms with Crippen LogP contribution in [-0.2, 0) is 25.8 Å². The average molecular weight is 478 g/mol. The molecule has 1 saturated heterocycles. The van der Waals surface area contributed by atoms with Crippen LogP contribution in [0.3, 0.4) is 0 Å². The maximum Gasteiger partial charge on any atom is 0.409 e. The highest BCUT2D eigenvalue weighted by molar-refractivity contribution is 14.1. The van der Waals surface area contributed by atoms with Gasteiger partial charge >= 0.3 is 7.75 Å². The Morgan fingerprint density at radius 1 is 1.25 bits per heavy atom. The van der Waals surface area contributed by atoms with Crippen molar-refractivity contribution in [2.75, 3.05) is 18.1 Å². The summed E-state index contributed by atoms with van der Waals surface area (Å²) in [4.78, 5) is 0. The summed E-state index contributed by atoms with van der Waals surface area (Å²) in [7, 11) is -1.91. The fourth-order valence-corrected chi connectivity index (χ4v) is 5.86. The second-order valence-corrected chi connectivity index (χ2v) is 8.94. The van der Waals surface area contributed by atoms with Gasteiger partial charge in [-0.1, -0.05) is 76.7 Å². The van der Waals surface area contributed by atoms with Crippen molar-refractivity contribution in [3.63, 3.8) is 0 Å². The molecule has 0 bridgehead atoms. The van der Waals surface area contributed by atoms with Crippen molar-refractivity contribution in [2.24, 2.45) is 0 Å². The quantitative estimate of drug-likeness (QED) is 0.335. The van der Waals surface area contributed by atoms with Crippen molar-refractivity contribution in [1.82, 2.24) is 4.67 Å². The molecule has 1 fully saturated rings. The summed E-state index contributed by atoms with van der Waals surface area (Å²) in [6.45, 7) is 1.01. The molecule has 0 aliphatic carbocycles. The van der Waals surface area contributed by atoms with Crippen molar-refractivity contribution >= 4 is 41.9 Å². The lowest BCUT2D eigenvalue weighted by Gasteiger charge is -2.25. The minimum atomic E-state index is -3.35. The van der Waals surface area contributed by atoms with E-state index in [1.807, 2.05) is 54.6 Å². The van der Waals surface area contributed by atoms with Gasteiger partial charge in [-0.05, 0) is 23.3 Å². The molecule has 0 unspecified atom stereocenters. The molecule has 1 heterocycles. The lowest BCUT2D eigenvalue weighted by Crippen LogP contribution is -2.33. The Hall–Kier alpha value is -0.430. The van der Waals surface area contributed by atoms with E-state index in [1.165, 1.54) is 7.11 Å². The summed E-state index contributed by atoms with van der Waals surface area (Å²) in [6, 6.07) is 17.4. The third-order valence-electron chi connectivity index (χ3n) is 4.10. The van der Waals surface area contributed by atoms with Gasteiger partial charge < -0.3 is 0 Å². The first-order chi connectivity index (χ1) is 11.5. The minimum absolute atomic E-state index is 0.498. The molecule has 0 aromatic heterocycles. The van der Waals surface area contributed by atoms with E-state index < -0.39 is 13.3 Å². The fourth-order valence-electron chi connectivity index (χ4n) is 2.82. The van der Waals surface area contributed by atoms with E-state index in [2.05, 4.69) is 22.6 Å². The third-order valence-corrected chi connectivity index (χ3v) is 7.60. The van der Waals surface area contributed by atoms with Gasteiger partial charge in [0.25, 0.3) is 0 Å². The molecule has 0 saturated carbocycles. The normalized spacial score (nSPS) is 27.5. The van der Waals surface area contributed by atoms with Gasteiger partial charge in [0.05, 0.1) is 0 Å². The van der Waals surface area contributed by atoms with Gasteiger partial charge in [-0.2, -0.15) is 0 Å². The molecule has 2 aromatic carbocycles. The van der Waals surface area contributed by atoms with Gasteiger partial charge in [-0.15, -0.1) is 0 Å². The predicted octanol–water partition coefficient (Wildman–Crippen LogP) is 5.26. The number of halogens is 2. The van der Waals surface area contributed by atoms with Gasteiger partial charge in [0.15, 0.2) is 0 Å². The molecule has 0 N–H and O–H groups in total. The maximum atomic E-state index is 13.2. The van der Waals surface area contributed by atoms with E-state index in [0.29, 0.717) is 22.5 Å². The summed E-state index contributed by atoms with van der Waals surface area (Å²) in [5.41, 5.74) is 1.35. The molecule has 4 nitrogen and oxygen atoms in total. The highest BCUT2D eigenvalue weighted by Crippen LogP contribution is 2.63. The molecule has 0 radical (unpaired) electrons. The average Bonchev–Trinajstić information content (AvgIpc) is 2.90. The zero-order valence-electron chi connectivity index (χ0n) is 13.2. The zero-order chi connectivity index (χ0) is 17.2. The van der Waals surface area contributed by atoms with E-state index in [1.54, 1.807) is 4.67 Å². The lowest BCUT2D eigenvalue weighted by atomic mass is 9.96. The number of hydrogen-bond acceptors (Lipinski definition) is 3. The number of rotatable bonds is 5. The van der Waals surface area contributed by atoms with E-state index in [4.69, 9.17) is 20.6 Å². The van der Waals surface area contributed by atoms with Crippen LogP contribution >= 0.6 is 41.9 Å². The van der Waals surface area contributed by atoms with Crippen LogP contribution in [0.25, 0.3) is 0 Å². The number of benzene rings is 2. The maximum absolute atomic E-state index is 13.2. The number of alkyl halides is 1. The van der Waals surface area contributed by atoms with Crippen LogP contribution in [0.4, 0.5) is 0 Å². The second-order valence-electron chi connectivity index (χ2n) is 5.69. The standard InChI is InChI=1S/C17H18ClINO3P/c1-22-24(21)20(11-14-5-3-2-4-6-14)13-17(12-19,23-24)15-7-9-16(18)10-8-15/h2-10H,11-13H2,1H3/t17-,24-/m1/s1. The van der Waals surface area contributed by atoms with Gasteiger partial charge in [0.2, 0.25) is 0 Å². The number of nitrogens with zero attached hydrogens (tertiary/aromatic N) is 1. The summed E-state index contributed by atoms with van der Waals surface area (Å²) >= 11 is 8.26. The van der Waals surface area contributed by atoms with E-state index in [0.717, 1.165) is 11.1 Å². The van der Waals surface area contributed by atoms with Crippen molar-refractivity contribution in [3.05, 3.63) is 70.7 Å². The molecule has 24 heavy (non-hydrogen) atoms. The van der Waals surface area contributed by atoms with Gasteiger partial charge in [-0.3, -0.25) is 9.05 Å². The van der Waals surface area contributed by atoms with Gasteiger partial charge in [0.1, 0.15) is 5.60 Å². The Balaban J connectivity index is 1.93. The lowest BCUT2D eigenvalue weighted by molar-refractivity contribution is 0.112. The van der Waals surface area contributed by atoms with Gasteiger partial charge in [0, 0.05) is 29.6 Å². The zero-order valence-corrected chi connectivity index (χ0v) is 17.0. The smallest absolute Gasteiger partial charge is 0.300 e. The van der Waals surface area contributed by atoms with Crippen LogP contribution in [0.5, 0.6) is 0 Å². The Labute approximate surface area is 160 Å². The summed E-state index contributed by atoms with van der Waals surface area (Å²) in [5, 5.41) is 0.663. The Kier molecular flexibility index (Phi) is 5.69. The molecule has 1 aliphatic heterocycles. The largest absolute Gasteiger partial charge is 0.409 e. The fraction of sp³-hybridized carbons (Fsp3) is 0.294. The van der Waals surface area contributed by atoms with E-state index >= 15 is 0 Å². The molecule has 0 spiro atoms. The summed E-state index contributed by atoms with van der Waals surface area (Å²) in [6.07, 6.45) is 0. The van der Waals surface area contributed by atoms with Crippen molar-refractivity contribution in [3.8, 4) is 0 Å². The predicted molar refractivity (Wildman–Crippen MR) is 105 cm³/mol. The molecule has 3 rings (SSSR count). The molecule has 1 aliphatic rings. The van der Waals surface area contributed by atoms with E-state index in [9.17, 15) is 4.57 Å². The summed E-state index contributed by atoms with van der Waals surface area (Å²) in [5.74, 6) is 0. The Morgan fingerprint density at radius 3 is 2.50 bits per heavy atom. The van der Waals surface area contributed by atoms with Crippen LogP contribution < -0.4 is 0 Å². The first kappa shape index (κ1) is 18.4. The van der Waals surface area contributed by atoms with Crippen LogP contribution in [0.1, 0.15) is 11.1 Å². The topological polar surface area (TPSA) is 38.8 Å². The molecular weight excluding hydrogens is 460 g/mol. The van der Waals surface area contributed by atoms with Gasteiger partial charge in [-0.25, -0.2) is 9.24 Å². The summed E-state index contributed by atoms with van der Waals surface area (Å²) < 4.78 is 27.0. The monoisotopic (exact) mass is 477 g/mol. The first-order valence-electron chi connectivity index (χ1n) is 7.49. The molecule has 0 amide bonds. The first-order valence-corrected chi connectivity index (χ1v) is 10.9. The SMILES string of the molecule is CO[P@@]1(=O)O[C@@](CI)(c2ccc(Cl)cc2)CN1Cc1ccccc1. The molecule has 2 atom stereocenters. The third kappa shape index (κ3) is 3.57. The van der Waals surface area contributed by atoms with Crippen molar-refractivity contribution in [1.29, 1.82) is 0 Å².